The van der Waals surface area contributed by atoms with Crippen molar-refractivity contribution < 1.29 is 4.74 Å². The van der Waals surface area contributed by atoms with Crippen LogP contribution in [0.5, 0.6) is 0 Å². The molecule has 2 rings (SSSR count). The first kappa shape index (κ1) is 13.3. The van der Waals surface area contributed by atoms with Crippen molar-refractivity contribution >= 4 is 0 Å². The summed E-state index contributed by atoms with van der Waals surface area (Å²) >= 11 is 0. The van der Waals surface area contributed by atoms with E-state index in [2.05, 4.69) is 31.0 Å². The number of nitrogens with zero attached hydrogens (tertiary/aromatic N) is 1. The molecule has 2 heterocycles. The van der Waals surface area contributed by atoms with E-state index in [0.29, 0.717) is 11.6 Å². The standard InChI is InChI=1S/C14H28N2O/c1-4-14(5-2)11-16(12(3)8-15-14)9-13-6-7-17-10-13/h12-13,15H,4-11H2,1-3H3. The minimum atomic E-state index is 0.353. The van der Waals surface area contributed by atoms with Gasteiger partial charge in [-0.1, -0.05) is 13.8 Å². The average Bonchev–Trinajstić information content (AvgIpc) is 2.85. The van der Waals surface area contributed by atoms with Gasteiger partial charge >= 0.3 is 0 Å². The molecule has 3 heteroatoms. The summed E-state index contributed by atoms with van der Waals surface area (Å²) in [6.45, 7) is 12.5. The zero-order valence-electron chi connectivity index (χ0n) is 11.7. The Morgan fingerprint density at radius 1 is 1.35 bits per heavy atom. The summed E-state index contributed by atoms with van der Waals surface area (Å²) in [6, 6.07) is 0.668. The van der Waals surface area contributed by atoms with E-state index in [9.17, 15) is 0 Å². The largest absolute Gasteiger partial charge is 0.381 e. The monoisotopic (exact) mass is 240 g/mol. The highest BCUT2D eigenvalue weighted by Gasteiger charge is 2.36. The van der Waals surface area contributed by atoms with Gasteiger partial charge < -0.3 is 10.1 Å². The summed E-state index contributed by atoms with van der Waals surface area (Å²) in [5, 5.41) is 3.76. The summed E-state index contributed by atoms with van der Waals surface area (Å²) in [7, 11) is 0. The maximum Gasteiger partial charge on any atom is 0.0507 e. The van der Waals surface area contributed by atoms with Crippen LogP contribution in [0.1, 0.15) is 40.0 Å². The Hall–Kier alpha value is -0.120. The lowest BCUT2D eigenvalue weighted by molar-refractivity contribution is 0.0639. The van der Waals surface area contributed by atoms with Gasteiger partial charge in [-0.3, -0.25) is 4.90 Å². The van der Waals surface area contributed by atoms with Gasteiger partial charge in [-0.05, 0) is 32.1 Å². The lowest BCUT2D eigenvalue weighted by atomic mass is 9.88. The molecule has 0 saturated carbocycles. The fraction of sp³-hybridized carbons (Fsp3) is 1.00. The molecule has 0 aromatic rings. The Kier molecular flexibility index (Phi) is 4.45. The Morgan fingerprint density at radius 3 is 2.71 bits per heavy atom. The molecule has 0 amide bonds. The van der Waals surface area contributed by atoms with Crippen molar-refractivity contribution in [3.05, 3.63) is 0 Å². The maximum atomic E-state index is 5.50. The average molecular weight is 240 g/mol. The summed E-state index contributed by atoms with van der Waals surface area (Å²) < 4.78 is 5.50. The third kappa shape index (κ3) is 3.01. The van der Waals surface area contributed by atoms with Crippen LogP contribution < -0.4 is 5.32 Å². The van der Waals surface area contributed by atoms with Crippen LogP contribution in [0.15, 0.2) is 0 Å². The number of ether oxygens (including phenoxy) is 1. The van der Waals surface area contributed by atoms with E-state index < -0.39 is 0 Å². The molecule has 0 aromatic heterocycles. The minimum absolute atomic E-state index is 0.353. The minimum Gasteiger partial charge on any atom is -0.381 e. The van der Waals surface area contributed by atoms with Crippen LogP contribution in [0, 0.1) is 5.92 Å². The van der Waals surface area contributed by atoms with Gasteiger partial charge in [-0.2, -0.15) is 0 Å². The summed E-state index contributed by atoms with van der Waals surface area (Å²) in [4.78, 5) is 2.68. The number of hydrogen-bond donors (Lipinski definition) is 1. The van der Waals surface area contributed by atoms with Gasteiger partial charge in [0.25, 0.3) is 0 Å². The summed E-state index contributed by atoms with van der Waals surface area (Å²) in [6.07, 6.45) is 3.71. The number of hydrogen-bond acceptors (Lipinski definition) is 3. The molecule has 2 aliphatic heterocycles. The predicted molar refractivity (Wildman–Crippen MR) is 71.3 cm³/mol. The van der Waals surface area contributed by atoms with E-state index in [4.69, 9.17) is 4.74 Å². The summed E-state index contributed by atoms with van der Waals surface area (Å²) in [5.74, 6) is 0.766. The van der Waals surface area contributed by atoms with Crippen LogP contribution in [0.2, 0.25) is 0 Å². The number of nitrogens with one attached hydrogen (secondary N) is 1. The Balaban J connectivity index is 1.93. The van der Waals surface area contributed by atoms with Crippen molar-refractivity contribution in [1.82, 2.24) is 10.2 Å². The van der Waals surface area contributed by atoms with Crippen molar-refractivity contribution in [3.8, 4) is 0 Å². The second-order valence-corrected chi connectivity index (χ2v) is 5.88. The lowest BCUT2D eigenvalue weighted by Crippen LogP contribution is -2.63. The third-order valence-electron chi connectivity index (χ3n) is 4.77. The van der Waals surface area contributed by atoms with Gasteiger partial charge in [0.1, 0.15) is 0 Å². The molecule has 0 radical (unpaired) electrons. The van der Waals surface area contributed by atoms with E-state index in [1.807, 2.05) is 0 Å². The smallest absolute Gasteiger partial charge is 0.0507 e. The molecule has 1 N–H and O–H groups in total. The molecule has 3 nitrogen and oxygen atoms in total. The van der Waals surface area contributed by atoms with Crippen LogP contribution in [-0.4, -0.2) is 49.3 Å². The van der Waals surface area contributed by atoms with E-state index in [-0.39, 0.29) is 0 Å². The molecular formula is C14H28N2O. The van der Waals surface area contributed by atoms with Crippen molar-refractivity contribution in [3.63, 3.8) is 0 Å². The molecule has 2 saturated heterocycles. The van der Waals surface area contributed by atoms with Crippen LogP contribution >= 0.6 is 0 Å². The van der Waals surface area contributed by atoms with Crippen molar-refractivity contribution in [2.24, 2.45) is 5.92 Å². The molecule has 0 bridgehead atoms. The second-order valence-electron chi connectivity index (χ2n) is 5.88. The van der Waals surface area contributed by atoms with Gasteiger partial charge in [0.05, 0.1) is 6.61 Å². The fourth-order valence-electron chi connectivity index (χ4n) is 3.12. The zero-order chi connectivity index (χ0) is 12.3. The Morgan fingerprint density at radius 2 is 2.12 bits per heavy atom. The fourth-order valence-corrected chi connectivity index (χ4v) is 3.12. The molecule has 2 unspecified atom stereocenters. The highest BCUT2D eigenvalue weighted by molar-refractivity contribution is 4.96. The van der Waals surface area contributed by atoms with E-state index in [0.717, 1.165) is 25.7 Å². The zero-order valence-corrected chi connectivity index (χ0v) is 11.7. The highest BCUT2D eigenvalue weighted by atomic mass is 16.5. The molecule has 2 aliphatic rings. The van der Waals surface area contributed by atoms with Crippen LogP contribution in [-0.2, 0) is 4.74 Å². The number of piperazine rings is 1. The highest BCUT2D eigenvalue weighted by Crippen LogP contribution is 2.24. The second kappa shape index (κ2) is 5.68. The van der Waals surface area contributed by atoms with Crippen molar-refractivity contribution in [1.29, 1.82) is 0 Å². The Labute approximate surface area is 106 Å². The van der Waals surface area contributed by atoms with Crippen LogP contribution in [0.4, 0.5) is 0 Å². The maximum absolute atomic E-state index is 5.50. The molecule has 2 atom stereocenters. The summed E-state index contributed by atoms with van der Waals surface area (Å²) in [5.41, 5.74) is 0.353. The topological polar surface area (TPSA) is 24.5 Å². The van der Waals surface area contributed by atoms with E-state index >= 15 is 0 Å². The van der Waals surface area contributed by atoms with Gasteiger partial charge in [-0.25, -0.2) is 0 Å². The Bertz CT molecular complexity index is 234. The SMILES string of the molecule is CCC1(CC)CN(CC2CCOC2)C(C)CN1. The lowest BCUT2D eigenvalue weighted by Gasteiger charge is -2.47. The number of rotatable bonds is 4. The van der Waals surface area contributed by atoms with Crippen LogP contribution in [0.3, 0.4) is 0 Å². The predicted octanol–water partition coefficient (Wildman–Crippen LogP) is 1.88. The van der Waals surface area contributed by atoms with Crippen molar-refractivity contribution in [2.45, 2.75) is 51.6 Å². The molecule has 2 fully saturated rings. The quantitative estimate of drug-likeness (QED) is 0.812. The molecule has 100 valence electrons. The molecule has 0 aromatic carbocycles. The molecule has 0 spiro atoms. The van der Waals surface area contributed by atoms with Gasteiger partial charge in [0, 0.05) is 37.8 Å². The van der Waals surface area contributed by atoms with Gasteiger partial charge in [0.2, 0.25) is 0 Å². The van der Waals surface area contributed by atoms with E-state index in [1.165, 1.54) is 32.4 Å². The van der Waals surface area contributed by atoms with Gasteiger partial charge in [0.15, 0.2) is 0 Å². The van der Waals surface area contributed by atoms with Crippen LogP contribution in [0.25, 0.3) is 0 Å². The first-order chi connectivity index (χ1) is 8.19. The van der Waals surface area contributed by atoms with E-state index in [1.54, 1.807) is 0 Å². The van der Waals surface area contributed by atoms with Gasteiger partial charge in [-0.15, -0.1) is 0 Å². The molecular weight excluding hydrogens is 212 g/mol. The molecule has 0 aliphatic carbocycles. The first-order valence-corrected chi connectivity index (χ1v) is 7.26. The molecule has 17 heavy (non-hydrogen) atoms. The third-order valence-corrected chi connectivity index (χ3v) is 4.77. The first-order valence-electron chi connectivity index (χ1n) is 7.26. The normalized spacial score (nSPS) is 34.1. The van der Waals surface area contributed by atoms with Crippen molar-refractivity contribution in [2.75, 3.05) is 32.8 Å².